The molecule has 1 aromatic heterocycles. The van der Waals surface area contributed by atoms with Crippen LogP contribution in [0.15, 0.2) is 190 Å². The lowest BCUT2D eigenvalue weighted by molar-refractivity contribution is 1.09. The van der Waals surface area contributed by atoms with Gasteiger partial charge in [-0.25, -0.2) is 0 Å². The predicted molar refractivity (Wildman–Crippen MR) is 196 cm³/mol. The van der Waals surface area contributed by atoms with Crippen LogP contribution in [0.5, 0.6) is 0 Å². The van der Waals surface area contributed by atoms with Gasteiger partial charge in [0.1, 0.15) is 0 Å². The third-order valence-corrected chi connectivity index (χ3v) is 22.4. The third kappa shape index (κ3) is 3.82. The van der Waals surface area contributed by atoms with E-state index in [2.05, 4.69) is 175 Å². The summed E-state index contributed by atoms with van der Waals surface area (Å²) >= 11 is 3.85. The van der Waals surface area contributed by atoms with Crippen molar-refractivity contribution < 1.29 is 0 Å². The summed E-state index contributed by atoms with van der Waals surface area (Å²) in [7, 11) is -5.62. The fourth-order valence-corrected chi connectivity index (χ4v) is 23.2. The molecule has 0 fully saturated rings. The molecule has 214 valence electrons. The van der Waals surface area contributed by atoms with Crippen LogP contribution in [-0.4, -0.2) is 21.1 Å². The quantitative estimate of drug-likeness (QED) is 0.280. The van der Waals surface area contributed by atoms with Gasteiger partial charge in [0, 0.05) is 9.79 Å². The average molecular weight is 644 g/mol. The van der Waals surface area contributed by atoms with Crippen LogP contribution in [0.25, 0.3) is 0 Å². The number of benzene rings is 6. The Balaban J connectivity index is 1.52. The van der Waals surface area contributed by atoms with E-state index in [1.807, 2.05) is 23.5 Å². The second-order valence-corrected chi connectivity index (χ2v) is 21.2. The molecule has 0 saturated heterocycles. The number of hydrogen-bond donors (Lipinski definition) is 1. The van der Waals surface area contributed by atoms with Gasteiger partial charge in [-0.05, 0) is 53.6 Å². The summed E-state index contributed by atoms with van der Waals surface area (Å²) in [5, 5.41) is 14.4. The molecule has 0 unspecified atom stereocenters. The first-order chi connectivity index (χ1) is 22.3. The molecule has 2 aliphatic rings. The van der Waals surface area contributed by atoms with Gasteiger partial charge in [-0.15, -0.1) is 0 Å². The van der Waals surface area contributed by atoms with Gasteiger partial charge < -0.3 is 4.98 Å². The van der Waals surface area contributed by atoms with E-state index < -0.39 is 16.1 Å². The molecule has 0 spiro atoms. The smallest absolute Gasteiger partial charge is 0.183 e. The zero-order valence-corrected chi connectivity index (χ0v) is 28.1. The molecular weight excluding hydrogens is 615 g/mol. The Kier molecular flexibility index (Phi) is 6.42. The van der Waals surface area contributed by atoms with E-state index in [-0.39, 0.29) is 0 Å². The molecule has 5 heteroatoms. The molecule has 0 amide bonds. The molecule has 1 nitrogen and oxygen atoms in total. The summed E-state index contributed by atoms with van der Waals surface area (Å²) in [6.45, 7) is 0. The van der Waals surface area contributed by atoms with E-state index in [1.165, 1.54) is 51.0 Å². The van der Waals surface area contributed by atoms with Crippen LogP contribution in [0.3, 0.4) is 0 Å². The molecule has 9 rings (SSSR count). The van der Waals surface area contributed by atoms with Crippen LogP contribution in [0.1, 0.15) is 0 Å². The van der Waals surface area contributed by atoms with E-state index in [4.69, 9.17) is 0 Å². The highest BCUT2D eigenvalue weighted by Gasteiger charge is 2.57. The molecule has 3 heterocycles. The van der Waals surface area contributed by atoms with Crippen molar-refractivity contribution in [2.75, 3.05) is 0 Å². The van der Waals surface area contributed by atoms with Gasteiger partial charge in [0.05, 0.1) is 10.1 Å². The standard InChI is InChI=1S/C40H29NS2Si2/c1-5-17-29(18-6-1)44(30-19-7-2-8-20-30)35-27-15-13-25-33(35)42-39-37(44)38-40(41-39)43-34-26-14-16-28-36(34)45(38,31-21-9-3-10-22-31)32-23-11-4-12-24-32/h1-28,41H. The highest BCUT2D eigenvalue weighted by Crippen LogP contribution is 2.39. The second kappa shape index (κ2) is 10.7. The number of aromatic nitrogens is 1. The maximum Gasteiger partial charge on any atom is 0.183 e. The second-order valence-electron chi connectivity index (χ2n) is 11.7. The summed E-state index contributed by atoms with van der Waals surface area (Å²) in [6, 6.07) is 64.1. The van der Waals surface area contributed by atoms with Crippen molar-refractivity contribution in [3.63, 3.8) is 0 Å². The molecule has 0 saturated carbocycles. The van der Waals surface area contributed by atoms with Gasteiger partial charge in [-0.3, -0.25) is 0 Å². The lowest BCUT2D eigenvalue weighted by atomic mass is 10.3. The molecule has 6 aromatic carbocycles. The van der Waals surface area contributed by atoms with Crippen LogP contribution in [0.4, 0.5) is 0 Å². The normalized spacial score (nSPS) is 15.3. The largest absolute Gasteiger partial charge is 0.345 e. The van der Waals surface area contributed by atoms with Crippen LogP contribution < -0.4 is 41.5 Å². The van der Waals surface area contributed by atoms with Crippen LogP contribution >= 0.6 is 23.5 Å². The van der Waals surface area contributed by atoms with Gasteiger partial charge >= 0.3 is 0 Å². The first-order valence-electron chi connectivity index (χ1n) is 15.4. The number of hydrogen-bond acceptors (Lipinski definition) is 2. The Labute approximate surface area is 274 Å². The number of aromatic amines is 1. The summed E-state index contributed by atoms with van der Waals surface area (Å²) in [4.78, 5) is 6.84. The predicted octanol–water partition coefficient (Wildman–Crippen LogP) is 4.70. The Bertz CT molecular complexity index is 1930. The first-order valence-corrected chi connectivity index (χ1v) is 21.0. The molecule has 45 heavy (non-hydrogen) atoms. The van der Waals surface area contributed by atoms with E-state index in [9.17, 15) is 0 Å². The summed E-state index contributed by atoms with van der Waals surface area (Å²) < 4.78 is 0. The van der Waals surface area contributed by atoms with Crippen molar-refractivity contribution in [3.8, 4) is 0 Å². The lowest BCUT2D eigenvalue weighted by Crippen LogP contribution is -2.85. The molecule has 0 atom stereocenters. The maximum atomic E-state index is 4.12. The monoisotopic (exact) mass is 643 g/mol. The fraction of sp³-hybridized carbons (Fsp3) is 0. The topological polar surface area (TPSA) is 15.8 Å². The van der Waals surface area contributed by atoms with E-state index in [0.717, 1.165) is 0 Å². The lowest BCUT2D eigenvalue weighted by Gasteiger charge is -2.44. The fourth-order valence-electron chi connectivity index (χ4n) is 7.83. The maximum absolute atomic E-state index is 4.12. The van der Waals surface area contributed by atoms with Gasteiger partial charge in [-0.1, -0.05) is 181 Å². The van der Waals surface area contributed by atoms with Crippen LogP contribution in [-0.2, 0) is 0 Å². The molecule has 0 bridgehead atoms. The first kappa shape index (κ1) is 27.1. The van der Waals surface area contributed by atoms with E-state index in [0.29, 0.717) is 0 Å². The number of rotatable bonds is 4. The number of nitrogens with one attached hydrogen (secondary N) is 1. The van der Waals surface area contributed by atoms with Gasteiger partial charge in [0.2, 0.25) is 0 Å². The minimum Gasteiger partial charge on any atom is -0.345 e. The van der Waals surface area contributed by atoms with Gasteiger partial charge in [-0.2, -0.15) is 0 Å². The minimum absolute atomic E-state index is 1.31. The summed E-state index contributed by atoms with van der Waals surface area (Å²) in [5.41, 5.74) is 0. The summed E-state index contributed by atoms with van der Waals surface area (Å²) in [5.74, 6) is 0. The third-order valence-electron chi connectivity index (χ3n) is 9.51. The highest BCUT2D eigenvalue weighted by molar-refractivity contribution is 8.01. The molecule has 1 N–H and O–H groups in total. The van der Waals surface area contributed by atoms with Crippen LogP contribution in [0.2, 0.25) is 0 Å². The Morgan fingerprint density at radius 2 is 0.622 bits per heavy atom. The zero-order chi connectivity index (χ0) is 29.8. The van der Waals surface area contributed by atoms with Crippen molar-refractivity contribution in [1.82, 2.24) is 4.98 Å². The Hall–Kier alpha value is -4.27. The summed E-state index contributed by atoms with van der Waals surface area (Å²) in [6.07, 6.45) is 0. The Morgan fingerprint density at radius 3 is 0.956 bits per heavy atom. The van der Waals surface area contributed by atoms with Gasteiger partial charge in [0.15, 0.2) is 16.1 Å². The van der Waals surface area contributed by atoms with E-state index in [1.54, 1.807) is 10.4 Å². The molecule has 0 aliphatic carbocycles. The van der Waals surface area contributed by atoms with Crippen LogP contribution in [0, 0.1) is 0 Å². The van der Waals surface area contributed by atoms with Crippen molar-refractivity contribution in [3.05, 3.63) is 170 Å². The zero-order valence-electron chi connectivity index (χ0n) is 24.5. The average Bonchev–Trinajstić information content (AvgIpc) is 3.49. The molecule has 0 radical (unpaired) electrons. The SMILES string of the molecule is c1ccc([Si]2(c3ccccc3)c3ccccc3Sc3[nH]c4c(c32)[Si](c2ccccc2)(c2ccccc2)c2ccccc2S4)cc1. The highest BCUT2D eigenvalue weighted by atomic mass is 32.2. The minimum atomic E-state index is -2.81. The van der Waals surface area contributed by atoms with Gasteiger partial charge in [0.25, 0.3) is 0 Å². The Morgan fingerprint density at radius 1 is 0.333 bits per heavy atom. The van der Waals surface area contributed by atoms with Crippen molar-refractivity contribution in [1.29, 1.82) is 0 Å². The van der Waals surface area contributed by atoms with E-state index >= 15 is 0 Å². The number of fused-ring (bicyclic) bond motifs is 5. The molecule has 7 aromatic rings. The van der Waals surface area contributed by atoms with Crippen molar-refractivity contribution >= 4 is 81.2 Å². The van der Waals surface area contributed by atoms with Crippen molar-refractivity contribution in [2.24, 2.45) is 0 Å². The molecular formula is C40H29NS2Si2. The molecule has 2 aliphatic heterocycles. The number of H-pyrrole nitrogens is 1. The van der Waals surface area contributed by atoms with Crippen molar-refractivity contribution in [2.45, 2.75) is 19.8 Å².